The summed E-state index contributed by atoms with van der Waals surface area (Å²) in [4.78, 5) is 10.4. The molecule has 0 bridgehead atoms. The fourth-order valence-corrected chi connectivity index (χ4v) is 2.10. The standard InChI is InChI=1S/C6H12N2O5S/c9-3-5(6(10)11)8-14(12,13)7-4-1-2-4/h4-5,7-9H,1-3H2,(H,10,11). The lowest BCUT2D eigenvalue weighted by Gasteiger charge is -2.12. The molecule has 0 amide bonds. The Morgan fingerprint density at radius 1 is 1.50 bits per heavy atom. The second-order valence-electron chi connectivity index (χ2n) is 3.09. The number of carboxylic acid groups (broad SMARTS) is 1. The largest absolute Gasteiger partial charge is 0.480 e. The highest BCUT2D eigenvalue weighted by Crippen LogP contribution is 2.19. The van der Waals surface area contributed by atoms with Crippen molar-refractivity contribution in [3.8, 4) is 0 Å². The number of carbonyl (C=O) groups is 1. The molecule has 0 saturated heterocycles. The summed E-state index contributed by atoms with van der Waals surface area (Å²) in [5, 5.41) is 17.0. The Balaban J connectivity index is 2.50. The van der Waals surface area contributed by atoms with E-state index in [4.69, 9.17) is 10.2 Å². The van der Waals surface area contributed by atoms with E-state index in [0.29, 0.717) is 0 Å². The lowest BCUT2D eigenvalue weighted by molar-refractivity contribution is -0.139. The van der Waals surface area contributed by atoms with Crippen molar-refractivity contribution in [2.45, 2.75) is 24.9 Å². The third-order valence-corrected chi connectivity index (χ3v) is 2.92. The predicted octanol–water partition coefficient (Wildman–Crippen LogP) is -1.98. The monoisotopic (exact) mass is 224 g/mol. The van der Waals surface area contributed by atoms with Gasteiger partial charge in [0.05, 0.1) is 6.61 Å². The van der Waals surface area contributed by atoms with Gasteiger partial charge in [-0.15, -0.1) is 0 Å². The zero-order valence-electron chi connectivity index (χ0n) is 7.30. The summed E-state index contributed by atoms with van der Waals surface area (Å²) >= 11 is 0. The van der Waals surface area contributed by atoms with E-state index in [1.807, 2.05) is 4.72 Å². The van der Waals surface area contributed by atoms with Crippen molar-refractivity contribution < 1.29 is 23.4 Å². The fourth-order valence-electron chi connectivity index (χ4n) is 0.808. The molecule has 0 heterocycles. The third-order valence-electron chi connectivity index (χ3n) is 1.68. The van der Waals surface area contributed by atoms with Crippen LogP contribution in [0.2, 0.25) is 0 Å². The molecule has 0 aromatic rings. The average Bonchev–Trinajstić information content (AvgIpc) is 2.82. The zero-order chi connectivity index (χ0) is 10.8. The lowest BCUT2D eigenvalue weighted by atomic mass is 10.3. The maximum absolute atomic E-state index is 11.2. The van der Waals surface area contributed by atoms with Gasteiger partial charge >= 0.3 is 5.97 Å². The molecular formula is C6H12N2O5S. The molecule has 0 radical (unpaired) electrons. The van der Waals surface area contributed by atoms with E-state index in [1.165, 1.54) is 0 Å². The van der Waals surface area contributed by atoms with Crippen LogP contribution in [0.15, 0.2) is 0 Å². The van der Waals surface area contributed by atoms with Crippen molar-refractivity contribution >= 4 is 16.2 Å². The summed E-state index contributed by atoms with van der Waals surface area (Å²) in [6.45, 7) is -0.777. The number of aliphatic carboxylic acids is 1. The summed E-state index contributed by atoms with van der Waals surface area (Å²) in [6, 6.07) is -1.59. The normalized spacial score (nSPS) is 19.2. The molecule has 0 spiro atoms. The molecule has 1 fully saturated rings. The van der Waals surface area contributed by atoms with Crippen LogP contribution in [-0.4, -0.2) is 43.3 Å². The van der Waals surface area contributed by atoms with Crippen LogP contribution >= 0.6 is 0 Å². The highest BCUT2D eigenvalue weighted by atomic mass is 32.2. The maximum atomic E-state index is 11.2. The summed E-state index contributed by atoms with van der Waals surface area (Å²) < 4.78 is 26.4. The maximum Gasteiger partial charge on any atom is 0.324 e. The van der Waals surface area contributed by atoms with Gasteiger partial charge in [0, 0.05) is 6.04 Å². The predicted molar refractivity (Wildman–Crippen MR) is 46.7 cm³/mol. The van der Waals surface area contributed by atoms with Gasteiger partial charge in [-0.05, 0) is 12.8 Å². The van der Waals surface area contributed by atoms with Gasteiger partial charge in [0.2, 0.25) is 0 Å². The van der Waals surface area contributed by atoms with Crippen molar-refractivity contribution in [3.05, 3.63) is 0 Å². The first kappa shape index (κ1) is 11.4. The van der Waals surface area contributed by atoms with Crippen molar-refractivity contribution in [1.29, 1.82) is 0 Å². The van der Waals surface area contributed by atoms with Gasteiger partial charge in [-0.25, -0.2) is 0 Å². The smallest absolute Gasteiger partial charge is 0.324 e. The van der Waals surface area contributed by atoms with E-state index in [9.17, 15) is 13.2 Å². The van der Waals surface area contributed by atoms with Crippen LogP contribution in [-0.2, 0) is 15.0 Å². The van der Waals surface area contributed by atoms with E-state index < -0.39 is 28.8 Å². The van der Waals surface area contributed by atoms with Crippen molar-refractivity contribution in [1.82, 2.24) is 9.44 Å². The molecule has 8 heteroatoms. The second kappa shape index (κ2) is 4.22. The minimum Gasteiger partial charge on any atom is -0.480 e. The Morgan fingerprint density at radius 3 is 2.43 bits per heavy atom. The minimum atomic E-state index is -3.82. The van der Waals surface area contributed by atoms with Gasteiger partial charge in [-0.3, -0.25) is 4.79 Å². The average molecular weight is 224 g/mol. The Kier molecular flexibility index (Phi) is 3.43. The highest BCUT2D eigenvalue weighted by Gasteiger charge is 2.29. The van der Waals surface area contributed by atoms with Gasteiger partial charge in [-0.2, -0.15) is 17.9 Å². The SMILES string of the molecule is O=C(O)C(CO)NS(=O)(=O)NC1CC1. The van der Waals surface area contributed by atoms with Crippen LogP contribution in [0.4, 0.5) is 0 Å². The molecule has 1 aliphatic carbocycles. The molecule has 82 valence electrons. The molecule has 0 aromatic heterocycles. The third kappa shape index (κ3) is 3.58. The van der Waals surface area contributed by atoms with Gasteiger partial charge in [0.1, 0.15) is 6.04 Å². The van der Waals surface area contributed by atoms with Gasteiger partial charge in [-0.1, -0.05) is 0 Å². The van der Waals surface area contributed by atoms with Crippen molar-refractivity contribution in [2.24, 2.45) is 0 Å². The van der Waals surface area contributed by atoms with E-state index in [2.05, 4.69) is 4.72 Å². The van der Waals surface area contributed by atoms with E-state index in [1.54, 1.807) is 0 Å². The number of rotatable bonds is 6. The van der Waals surface area contributed by atoms with Crippen LogP contribution in [0.3, 0.4) is 0 Å². The van der Waals surface area contributed by atoms with Crippen molar-refractivity contribution in [2.75, 3.05) is 6.61 Å². The molecule has 1 unspecified atom stereocenters. The topological polar surface area (TPSA) is 116 Å². The first-order chi connectivity index (χ1) is 6.44. The molecule has 0 aromatic carbocycles. The number of carboxylic acids is 1. The molecule has 14 heavy (non-hydrogen) atoms. The Labute approximate surface area is 81.3 Å². The Hall–Kier alpha value is -0.700. The summed E-state index contributed by atoms with van der Waals surface area (Å²) in [5.41, 5.74) is 0. The summed E-state index contributed by atoms with van der Waals surface area (Å²) in [5.74, 6) is -1.41. The van der Waals surface area contributed by atoms with Crippen LogP contribution < -0.4 is 9.44 Å². The quantitative estimate of drug-likeness (QED) is 0.417. The van der Waals surface area contributed by atoms with E-state index >= 15 is 0 Å². The van der Waals surface area contributed by atoms with Crippen molar-refractivity contribution in [3.63, 3.8) is 0 Å². The van der Waals surface area contributed by atoms with Gasteiger partial charge < -0.3 is 10.2 Å². The summed E-state index contributed by atoms with van der Waals surface area (Å²) in [6.07, 6.45) is 1.52. The van der Waals surface area contributed by atoms with Crippen LogP contribution in [0, 0.1) is 0 Å². The zero-order valence-corrected chi connectivity index (χ0v) is 8.12. The molecular weight excluding hydrogens is 212 g/mol. The van der Waals surface area contributed by atoms with Crippen LogP contribution in [0.5, 0.6) is 0 Å². The van der Waals surface area contributed by atoms with E-state index in [0.717, 1.165) is 12.8 Å². The first-order valence-corrected chi connectivity index (χ1v) is 5.56. The van der Waals surface area contributed by atoms with Gasteiger partial charge in [0.15, 0.2) is 0 Å². The fraction of sp³-hybridized carbons (Fsp3) is 0.833. The molecule has 1 aliphatic rings. The first-order valence-electron chi connectivity index (χ1n) is 4.08. The Morgan fingerprint density at radius 2 is 2.07 bits per heavy atom. The number of nitrogens with one attached hydrogen (secondary N) is 2. The molecule has 1 atom stereocenters. The number of hydrogen-bond donors (Lipinski definition) is 4. The highest BCUT2D eigenvalue weighted by molar-refractivity contribution is 7.87. The van der Waals surface area contributed by atoms with Crippen LogP contribution in [0.25, 0.3) is 0 Å². The summed E-state index contributed by atoms with van der Waals surface area (Å²) in [7, 11) is -3.82. The number of hydrogen-bond acceptors (Lipinski definition) is 4. The number of aliphatic hydroxyl groups excluding tert-OH is 1. The number of aliphatic hydroxyl groups is 1. The molecule has 0 aliphatic heterocycles. The molecule has 7 nitrogen and oxygen atoms in total. The van der Waals surface area contributed by atoms with Gasteiger partial charge in [0.25, 0.3) is 10.2 Å². The molecule has 1 rings (SSSR count). The Bertz CT molecular complexity index is 310. The lowest BCUT2D eigenvalue weighted by Crippen LogP contribution is -2.48. The molecule has 4 N–H and O–H groups in total. The van der Waals surface area contributed by atoms with E-state index in [-0.39, 0.29) is 6.04 Å². The minimum absolute atomic E-state index is 0.0966. The van der Waals surface area contributed by atoms with Crippen LogP contribution in [0.1, 0.15) is 12.8 Å². The second-order valence-corrected chi connectivity index (χ2v) is 4.57. The molecule has 1 saturated carbocycles.